The molecule has 0 aromatic heterocycles. The molecule has 0 unspecified atom stereocenters. The van der Waals surface area contributed by atoms with Gasteiger partial charge in [-0.05, 0) is 18.8 Å². The van der Waals surface area contributed by atoms with Crippen LogP contribution in [0.25, 0.3) is 0 Å². The molecule has 21 heavy (non-hydrogen) atoms. The van der Waals surface area contributed by atoms with Gasteiger partial charge in [-0.3, -0.25) is 0 Å². The molecule has 0 bridgehead atoms. The molecule has 0 aromatic rings. The van der Waals surface area contributed by atoms with Crippen molar-refractivity contribution >= 4 is 0 Å². The molecule has 1 nitrogen and oxygen atoms in total. The van der Waals surface area contributed by atoms with Crippen molar-refractivity contribution < 1.29 is 5.11 Å². The second-order valence-electron chi connectivity index (χ2n) is 6.87. The number of unbranched alkanes of at least 4 members (excludes halogenated alkanes) is 12. The van der Waals surface area contributed by atoms with Gasteiger partial charge in [0.05, 0.1) is 0 Å². The van der Waals surface area contributed by atoms with Crippen LogP contribution in [-0.2, 0) is 0 Å². The average molecular weight is 299 g/mol. The van der Waals surface area contributed by atoms with Crippen LogP contribution in [0, 0.1) is 5.92 Å². The summed E-state index contributed by atoms with van der Waals surface area (Å²) in [4.78, 5) is 0. The van der Waals surface area contributed by atoms with Gasteiger partial charge >= 0.3 is 0 Å². The number of aliphatic hydroxyl groups is 1. The molecule has 0 saturated heterocycles. The van der Waals surface area contributed by atoms with Gasteiger partial charge in [-0.25, -0.2) is 0 Å². The van der Waals surface area contributed by atoms with E-state index in [4.69, 9.17) is 0 Å². The highest BCUT2D eigenvalue weighted by molar-refractivity contribution is 4.59. The summed E-state index contributed by atoms with van der Waals surface area (Å²) in [5.74, 6) is 0.580. The fraction of sp³-hybridized carbons (Fsp3) is 1.00. The van der Waals surface area contributed by atoms with Gasteiger partial charge in [-0.15, -0.1) is 0 Å². The Morgan fingerprint density at radius 3 is 1.19 bits per heavy atom. The Kier molecular flexibility index (Phi) is 18.0. The summed E-state index contributed by atoms with van der Waals surface area (Å²) in [7, 11) is 0. The molecule has 0 radical (unpaired) electrons. The van der Waals surface area contributed by atoms with Gasteiger partial charge < -0.3 is 5.11 Å². The van der Waals surface area contributed by atoms with Gasteiger partial charge in [-0.2, -0.15) is 0 Å². The highest BCUT2D eigenvalue weighted by Crippen LogP contribution is 2.18. The Morgan fingerprint density at radius 1 is 0.524 bits per heavy atom. The Labute approximate surface area is 134 Å². The van der Waals surface area contributed by atoms with Crippen molar-refractivity contribution in [2.45, 2.75) is 117 Å². The van der Waals surface area contributed by atoms with E-state index in [9.17, 15) is 5.11 Å². The van der Waals surface area contributed by atoms with Crippen LogP contribution in [0.1, 0.15) is 117 Å². The van der Waals surface area contributed by atoms with Gasteiger partial charge in [0.25, 0.3) is 0 Å². The first-order chi connectivity index (χ1) is 10.3. The van der Waals surface area contributed by atoms with Crippen molar-refractivity contribution in [1.82, 2.24) is 0 Å². The Morgan fingerprint density at radius 2 is 0.857 bits per heavy atom. The van der Waals surface area contributed by atoms with Gasteiger partial charge in [0.1, 0.15) is 0 Å². The zero-order valence-electron chi connectivity index (χ0n) is 15.0. The summed E-state index contributed by atoms with van der Waals surface area (Å²) in [5, 5.41) is 9.47. The summed E-state index contributed by atoms with van der Waals surface area (Å²) in [6.07, 6.45) is 21.8. The SMILES string of the molecule is CCCCCCCCCC[C@H](CO)CCCCCCCC. The molecule has 0 aliphatic carbocycles. The van der Waals surface area contributed by atoms with E-state index in [2.05, 4.69) is 13.8 Å². The molecule has 1 atom stereocenters. The summed E-state index contributed by atoms with van der Waals surface area (Å²) in [6, 6.07) is 0. The highest BCUT2D eigenvalue weighted by Gasteiger charge is 2.06. The van der Waals surface area contributed by atoms with Crippen LogP contribution >= 0.6 is 0 Å². The quantitative estimate of drug-likeness (QED) is 0.290. The monoisotopic (exact) mass is 298 g/mol. The average Bonchev–Trinajstić information content (AvgIpc) is 2.51. The zero-order chi connectivity index (χ0) is 15.6. The molecule has 0 spiro atoms. The molecule has 0 rings (SSSR count). The van der Waals surface area contributed by atoms with Gasteiger partial charge in [-0.1, -0.05) is 104 Å². The highest BCUT2D eigenvalue weighted by atomic mass is 16.3. The van der Waals surface area contributed by atoms with E-state index >= 15 is 0 Å². The lowest BCUT2D eigenvalue weighted by Crippen LogP contribution is -2.06. The minimum absolute atomic E-state index is 0.408. The predicted molar refractivity (Wildman–Crippen MR) is 95.8 cm³/mol. The Bertz CT molecular complexity index is 179. The third kappa shape index (κ3) is 16.2. The molecule has 1 N–H and O–H groups in total. The fourth-order valence-corrected chi connectivity index (χ4v) is 3.11. The molecule has 0 aliphatic heterocycles. The smallest absolute Gasteiger partial charge is 0.0459 e. The maximum absolute atomic E-state index is 9.47. The van der Waals surface area contributed by atoms with Crippen LogP contribution in [0.2, 0.25) is 0 Å². The molecular weight excluding hydrogens is 256 g/mol. The van der Waals surface area contributed by atoms with Crippen molar-refractivity contribution in [3.63, 3.8) is 0 Å². The largest absolute Gasteiger partial charge is 0.396 e. The second kappa shape index (κ2) is 18.0. The molecule has 0 fully saturated rings. The normalized spacial score (nSPS) is 12.7. The lowest BCUT2D eigenvalue weighted by Gasteiger charge is -2.13. The van der Waals surface area contributed by atoms with E-state index in [1.165, 1.54) is 103 Å². The van der Waals surface area contributed by atoms with Crippen molar-refractivity contribution in [1.29, 1.82) is 0 Å². The maximum Gasteiger partial charge on any atom is 0.0459 e. The van der Waals surface area contributed by atoms with Crippen LogP contribution in [0.5, 0.6) is 0 Å². The maximum atomic E-state index is 9.47. The summed E-state index contributed by atoms with van der Waals surface area (Å²) in [5.41, 5.74) is 0. The predicted octanol–water partition coefficient (Wildman–Crippen LogP) is 6.88. The zero-order valence-corrected chi connectivity index (χ0v) is 15.0. The third-order valence-electron chi connectivity index (χ3n) is 4.69. The number of hydrogen-bond donors (Lipinski definition) is 1. The minimum Gasteiger partial charge on any atom is -0.396 e. The first kappa shape index (κ1) is 21.0. The van der Waals surface area contributed by atoms with E-state index in [1.54, 1.807) is 0 Å². The molecule has 0 amide bonds. The van der Waals surface area contributed by atoms with Crippen molar-refractivity contribution in [2.75, 3.05) is 6.61 Å². The second-order valence-corrected chi connectivity index (χ2v) is 6.87. The fourth-order valence-electron chi connectivity index (χ4n) is 3.11. The van der Waals surface area contributed by atoms with Gasteiger partial charge in [0.15, 0.2) is 0 Å². The van der Waals surface area contributed by atoms with E-state index in [0.717, 1.165) is 0 Å². The van der Waals surface area contributed by atoms with E-state index in [0.29, 0.717) is 12.5 Å². The minimum atomic E-state index is 0.408. The number of aliphatic hydroxyl groups excluding tert-OH is 1. The lowest BCUT2D eigenvalue weighted by atomic mass is 9.95. The van der Waals surface area contributed by atoms with Crippen molar-refractivity contribution in [2.24, 2.45) is 5.92 Å². The van der Waals surface area contributed by atoms with E-state index in [-0.39, 0.29) is 0 Å². The summed E-state index contributed by atoms with van der Waals surface area (Å²) >= 11 is 0. The number of rotatable bonds is 17. The Hall–Kier alpha value is -0.0400. The van der Waals surface area contributed by atoms with Gasteiger partial charge in [0, 0.05) is 6.61 Å². The lowest BCUT2D eigenvalue weighted by molar-refractivity contribution is 0.204. The first-order valence-electron chi connectivity index (χ1n) is 9.96. The van der Waals surface area contributed by atoms with Crippen LogP contribution in [0.3, 0.4) is 0 Å². The van der Waals surface area contributed by atoms with Crippen LogP contribution in [0.15, 0.2) is 0 Å². The molecular formula is C20H42O. The first-order valence-corrected chi connectivity index (χ1v) is 9.96. The third-order valence-corrected chi connectivity index (χ3v) is 4.69. The van der Waals surface area contributed by atoms with E-state index < -0.39 is 0 Å². The van der Waals surface area contributed by atoms with E-state index in [1.807, 2.05) is 0 Å². The molecule has 0 saturated carbocycles. The molecule has 0 aromatic carbocycles. The summed E-state index contributed by atoms with van der Waals surface area (Å²) < 4.78 is 0. The molecule has 0 aliphatic rings. The molecule has 0 heterocycles. The summed E-state index contributed by atoms with van der Waals surface area (Å²) in [6.45, 7) is 4.95. The van der Waals surface area contributed by atoms with Crippen LogP contribution < -0.4 is 0 Å². The topological polar surface area (TPSA) is 20.2 Å². The standard InChI is InChI=1S/C20H42O/c1-3-5-7-9-11-12-14-16-18-20(19-21)17-15-13-10-8-6-4-2/h20-21H,3-19H2,1-2H3/t20-/m1/s1. The molecule has 128 valence electrons. The molecule has 1 heteroatoms. The van der Waals surface area contributed by atoms with Gasteiger partial charge in [0.2, 0.25) is 0 Å². The van der Waals surface area contributed by atoms with Crippen molar-refractivity contribution in [3.8, 4) is 0 Å². The number of hydrogen-bond acceptors (Lipinski definition) is 1. The Balaban J connectivity index is 3.28. The van der Waals surface area contributed by atoms with Crippen LogP contribution in [0.4, 0.5) is 0 Å². The van der Waals surface area contributed by atoms with Crippen LogP contribution in [-0.4, -0.2) is 11.7 Å². The van der Waals surface area contributed by atoms with Crippen molar-refractivity contribution in [3.05, 3.63) is 0 Å².